The van der Waals surface area contributed by atoms with E-state index in [1.54, 1.807) is 0 Å². The van der Waals surface area contributed by atoms with Crippen LogP contribution < -0.4 is 0 Å². The maximum atomic E-state index is 9.99. The predicted molar refractivity (Wildman–Crippen MR) is 108 cm³/mol. The topological polar surface area (TPSA) is 32.7 Å². The van der Waals surface area contributed by atoms with E-state index >= 15 is 0 Å². The molecule has 2 aliphatic carbocycles. The van der Waals surface area contributed by atoms with Crippen molar-refractivity contribution < 1.29 is 9.84 Å². The fraction of sp³-hybridized carbons (Fsp3) is 0.500. The van der Waals surface area contributed by atoms with Crippen molar-refractivity contribution in [2.45, 2.75) is 69.4 Å². The Balaban J connectivity index is 1.36. The van der Waals surface area contributed by atoms with E-state index in [1.807, 2.05) is 0 Å². The van der Waals surface area contributed by atoms with Gasteiger partial charge in [-0.25, -0.2) is 0 Å². The minimum absolute atomic E-state index is 0.321. The highest BCUT2D eigenvalue weighted by atomic mass is 16.5. The first-order chi connectivity index (χ1) is 13.2. The molecule has 4 rings (SSSR count). The van der Waals surface area contributed by atoms with E-state index in [1.165, 1.54) is 24.0 Å². The summed E-state index contributed by atoms with van der Waals surface area (Å²) in [6.07, 6.45) is 6.67. The third-order valence-electron chi connectivity index (χ3n) is 6.03. The predicted octanol–water partition coefficient (Wildman–Crippen LogP) is 4.54. The Morgan fingerprint density at radius 1 is 0.815 bits per heavy atom. The smallest absolute Gasteiger partial charge is 0.0882 e. The molecule has 0 amide bonds. The van der Waals surface area contributed by atoms with Crippen LogP contribution in [-0.2, 0) is 17.8 Å². The van der Waals surface area contributed by atoms with Gasteiger partial charge in [-0.15, -0.1) is 0 Å². The quantitative estimate of drug-likeness (QED) is 0.745. The summed E-state index contributed by atoms with van der Waals surface area (Å²) < 4.78 is 6.01. The Bertz CT molecular complexity index is 649. The highest BCUT2D eigenvalue weighted by Gasteiger charge is 2.41. The van der Waals surface area contributed by atoms with Crippen molar-refractivity contribution in [3.05, 3.63) is 71.8 Å². The molecule has 2 fully saturated rings. The first-order valence-electron chi connectivity index (χ1n) is 10.4. The molecular formula is C24H31NO2. The lowest BCUT2D eigenvalue weighted by Gasteiger charge is -2.37. The van der Waals surface area contributed by atoms with Gasteiger partial charge in [-0.1, -0.05) is 60.7 Å². The van der Waals surface area contributed by atoms with Crippen molar-refractivity contribution in [3.63, 3.8) is 0 Å². The van der Waals surface area contributed by atoms with Gasteiger partial charge in [-0.3, -0.25) is 4.90 Å². The standard InChI is InChI=1S/C24H31NO2/c26-24(15-16-24)19-27-23-13-11-22(12-14-23)25(17-20-7-3-1-4-8-20)18-21-9-5-2-6-10-21/h1-10,22-23,26H,11-19H2/t22-,23+. The van der Waals surface area contributed by atoms with Crippen LogP contribution in [0.5, 0.6) is 0 Å². The maximum Gasteiger partial charge on any atom is 0.0882 e. The van der Waals surface area contributed by atoms with Crippen LogP contribution in [0.3, 0.4) is 0 Å². The summed E-state index contributed by atoms with van der Waals surface area (Å²) in [4.78, 5) is 2.63. The average molecular weight is 366 g/mol. The second-order valence-corrected chi connectivity index (χ2v) is 8.34. The third kappa shape index (κ3) is 5.41. The zero-order valence-corrected chi connectivity index (χ0v) is 16.1. The van der Waals surface area contributed by atoms with E-state index in [9.17, 15) is 5.11 Å². The van der Waals surface area contributed by atoms with Crippen LogP contribution in [0.4, 0.5) is 0 Å². The van der Waals surface area contributed by atoms with Crippen molar-refractivity contribution >= 4 is 0 Å². The van der Waals surface area contributed by atoms with Gasteiger partial charge >= 0.3 is 0 Å². The molecule has 0 aliphatic heterocycles. The van der Waals surface area contributed by atoms with Crippen molar-refractivity contribution in [2.75, 3.05) is 6.61 Å². The Kier molecular flexibility index (Phi) is 5.92. The molecule has 0 aromatic heterocycles. The van der Waals surface area contributed by atoms with Gasteiger partial charge in [-0.05, 0) is 49.7 Å². The van der Waals surface area contributed by atoms with Gasteiger partial charge in [0.25, 0.3) is 0 Å². The number of hydrogen-bond donors (Lipinski definition) is 1. The van der Waals surface area contributed by atoms with E-state index in [4.69, 9.17) is 4.74 Å². The minimum Gasteiger partial charge on any atom is -0.387 e. The summed E-state index contributed by atoms with van der Waals surface area (Å²) in [7, 11) is 0. The third-order valence-corrected chi connectivity index (χ3v) is 6.03. The van der Waals surface area contributed by atoms with Crippen molar-refractivity contribution in [1.29, 1.82) is 0 Å². The molecule has 1 N–H and O–H groups in total. The molecule has 3 nitrogen and oxygen atoms in total. The lowest BCUT2D eigenvalue weighted by atomic mass is 9.91. The van der Waals surface area contributed by atoms with Crippen molar-refractivity contribution in [2.24, 2.45) is 0 Å². The van der Waals surface area contributed by atoms with Gasteiger partial charge < -0.3 is 9.84 Å². The summed E-state index contributed by atoms with van der Waals surface area (Å²) in [6, 6.07) is 22.2. The fourth-order valence-electron chi connectivity index (χ4n) is 4.09. The monoisotopic (exact) mass is 365 g/mol. The van der Waals surface area contributed by atoms with Gasteiger partial charge in [0, 0.05) is 19.1 Å². The Labute approximate surface area is 163 Å². The van der Waals surface area contributed by atoms with E-state index < -0.39 is 5.60 Å². The van der Waals surface area contributed by atoms with Crippen LogP contribution >= 0.6 is 0 Å². The lowest BCUT2D eigenvalue weighted by Crippen LogP contribution is -2.39. The molecule has 144 valence electrons. The van der Waals surface area contributed by atoms with E-state index in [-0.39, 0.29) is 0 Å². The Hall–Kier alpha value is -1.68. The van der Waals surface area contributed by atoms with E-state index in [2.05, 4.69) is 65.6 Å². The van der Waals surface area contributed by atoms with Crippen LogP contribution in [0.1, 0.15) is 49.7 Å². The lowest BCUT2D eigenvalue weighted by molar-refractivity contribution is -0.0446. The molecule has 0 spiro atoms. The molecule has 2 aromatic rings. The van der Waals surface area contributed by atoms with Crippen LogP contribution in [0.2, 0.25) is 0 Å². The Morgan fingerprint density at radius 2 is 1.33 bits per heavy atom. The normalized spacial score (nSPS) is 24.1. The maximum absolute atomic E-state index is 9.99. The van der Waals surface area contributed by atoms with Crippen LogP contribution in [0.25, 0.3) is 0 Å². The molecule has 0 saturated heterocycles. The number of aliphatic hydroxyl groups is 1. The molecular weight excluding hydrogens is 334 g/mol. The average Bonchev–Trinajstić information content (AvgIpc) is 3.46. The van der Waals surface area contributed by atoms with Gasteiger partial charge in [0.05, 0.1) is 18.3 Å². The SMILES string of the molecule is OC1(CO[C@H]2CC[C@@H](N(Cc3ccccc3)Cc3ccccc3)CC2)CC1. The summed E-state index contributed by atoms with van der Waals surface area (Å²) in [5.74, 6) is 0. The van der Waals surface area contributed by atoms with Crippen LogP contribution in [0, 0.1) is 0 Å². The fourth-order valence-corrected chi connectivity index (χ4v) is 4.09. The molecule has 0 atom stereocenters. The minimum atomic E-state index is -0.497. The van der Waals surface area contributed by atoms with E-state index in [0.717, 1.165) is 38.8 Å². The number of hydrogen-bond acceptors (Lipinski definition) is 3. The number of rotatable bonds is 8. The Morgan fingerprint density at radius 3 is 1.81 bits per heavy atom. The molecule has 3 heteroatoms. The van der Waals surface area contributed by atoms with Gasteiger partial charge in [0.2, 0.25) is 0 Å². The number of benzene rings is 2. The van der Waals surface area contributed by atoms with Gasteiger partial charge in [0.1, 0.15) is 0 Å². The molecule has 0 heterocycles. The summed E-state index contributed by atoms with van der Waals surface area (Å²) >= 11 is 0. The molecule has 2 saturated carbocycles. The van der Waals surface area contributed by atoms with Crippen molar-refractivity contribution in [1.82, 2.24) is 4.90 Å². The van der Waals surface area contributed by atoms with Gasteiger partial charge in [-0.2, -0.15) is 0 Å². The molecule has 0 radical (unpaired) electrons. The molecule has 2 aliphatic rings. The molecule has 27 heavy (non-hydrogen) atoms. The molecule has 2 aromatic carbocycles. The second kappa shape index (κ2) is 8.55. The number of nitrogens with zero attached hydrogens (tertiary/aromatic N) is 1. The summed E-state index contributed by atoms with van der Waals surface area (Å²) in [5, 5.41) is 9.99. The van der Waals surface area contributed by atoms with Crippen LogP contribution in [-0.4, -0.2) is 34.4 Å². The van der Waals surface area contributed by atoms with Crippen molar-refractivity contribution in [3.8, 4) is 0 Å². The second-order valence-electron chi connectivity index (χ2n) is 8.34. The van der Waals surface area contributed by atoms with Gasteiger partial charge in [0.15, 0.2) is 0 Å². The zero-order valence-electron chi connectivity index (χ0n) is 16.1. The largest absolute Gasteiger partial charge is 0.387 e. The van der Waals surface area contributed by atoms with E-state index in [0.29, 0.717) is 18.8 Å². The highest BCUT2D eigenvalue weighted by Crippen LogP contribution is 2.36. The highest BCUT2D eigenvalue weighted by molar-refractivity contribution is 5.17. The summed E-state index contributed by atoms with van der Waals surface area (Å²) in [6.45, 7) is 2.51. The number of ether oxygens (including phenoxy) is 1. The van der Waals surface area contributed by atoms with Crippen LogP contribution in [0.15, 0.2) is 60.7 Å². The molecule has 0 unspecified atom stereocenters. The zero-order chi connectivity index (χ0) is 18.5. The molecule has 0 bridgehead atoms. The summed E-state index contributed by atoms with van der Waals surface area (Å²) in [5.41, 5.74) is 2.26. The first-order valence-corrected chi connectivity index (χ1v) is 10.4. The first kappa shape index (κ1) is 18.7.